The van der Waals surface area contributed by atoms with E-state index >= 15 is 0 Å². The van der Waals surface area contributed by atoms with Crippen LogP contribution in [-0.4, -0.2) is 0 Å². The summed E-state index contributed by atoms with van der Waals surface area (Å²) in [5, 5.41) is 0. The van der Waals surface area contributed by atoms with Gasteiger partial charge < -0.3 is 0 Å². The Kier molecular flexibility index (Phi) is 56.2. The first-order valence-corrected chi connectivity index (χ1v) is 68.8. The maximum atomic E-state index is 4.08. The van der Waals surface area contributed by atoms with Gasteiger partial charge in [0.2, 0.25) is 0 Å². The number of thiophene rings is 10. The summed E-state index contributed by atoms with van der Waals surface area (Å²) in [6.45, 7) is 47.2. The number of hydrogen-bond donors (Lipinski definition) is 0. The molecule has 11 heterocycles. The second-order valence-electron chi connectivity index (χ2n) is 42.1. The van der Waals surface area contributed by atoms with Crippen molar-refractivity contribution in [2.75, 3.05) is 0 Å². The van der Waals surface area contributed by atoms with Crippen LogP contribution in [0, 0.1) is 0 Å². The molecule has 0 aromatic carbocycles. The Morgan fingerprint density at radius 1 is 0.107 bits per heavy atom. The van der Waals surface area contributed by atoms with Gasteiger partial charge in [-0.3, -0.25) is 0 Å². The topological polar surface area (TPSA) is 0 Å². The van der Waals surface area contributed by atoms with E-state index in [1.165, 1.54) is 202 Å². The van der Waals surface area contributed by atoms with Gasteiger partial charge in [0.25, 0.3) is 0 Å². The molecule has 1 aliphatic rings. The minimum Gasteiger partial charge on any atom is -0.127 e. The highest BCUT2D eigenvalue weighted by Crippen LogP contribution is 2.23. The van der Waals surface area contributed by atoms with Crippen LogP contribution >= 0.6 is 113 Å². The van der Waals surface area contributed by atoms with Gasteiger partial charge in [-0.25, -0.2) is 0 Å². The minimum atomic E-state index is 1.02. The third-order valence-electron chi connectivity index (χ3n) is 30.0. The lowest BCUT2D eigenvalue weighted by molar-refractivity contribution is 0.758. The lowest BCUT2D eigenvalue weighted by Gasteiger charge is -2.04. The van der Waals surface area contributed by atoms with Gasteiger partial charge in [0, 0.05) is 18.1 Å². The molecule has 10 heteroatoms. The number of fused-ring (bicyclic) bond motifs is 20. The Morgan fingerprint density at radius 2 is 0.180 bits per heavy atom. The van der Waals surface area contributed by atoms with Gasteiger partial charge >= 0.3 is 0 Å². The van der Waals surface area contributed by atoms with Gasteiger partial charge in [-0.2, -0.15) is 0 Å². The van der Waals surface area contributed by atoms with E-state index in [-0.39, 0.29) is 0 Å². The van der Waals surface area contributed by atoms with Crippen LogP contribution < -0.4 is 90.6 Å². The minimum absolute atomic E-state index is 1.02. The van der Waals surface area contributed by atoms with E-state index in [9.17, 15) is 0 Å². The van der Waals surface area contributed by atoms with Gasteiger partial charge in [0.05, 0.1) is 72.5 Å². The van der Waals surface area contributed by atoms with E-state index in [0.717, 1.165) is 385 Å². The largest absolute Gasteiger partial charge is 0.127 e. The van der Waals surface area contributed by atoms with E-state index in [0.29, 0.717) is 0 Å². The summed E-state index contributed by atoms with van der Waals surface area (Å²) in [6, 6.07) is 0. The number of hydrogen-bond acceptors (Lipinski definition) is 10. The molecule has 0 saturated carbocycles. The van der Waals surface area contributed by atoms with E-state index in [1.54, 1.807) is 0 Å². The molecule has 0 N–H and O–H groups in total. The fourth-order valence-corrected chi connectivity index (χ4v) is 32.1. The molecule has 1 aliphatic heterocycles. The molecular formula is C140H184S10. The molecule has 0 radical (unpaired) electrons. The first kappa shape index (κ1) is 123. The normalized spacial score (nSPS) is 11.8. The summed E-state index contributed by atoms with van der Waals surface area (Å²) in [4.78, 5) is 0. The summed E-state index contributed by atoms with van der Waals surface area (Å²) in [7, 11) is 0. The molecule has 150 heavy (non-hydrogen) atoms. The molecule has 0 fully saturated rings. The quantitative estimate of drug-likeness (QED) is 0.0356. The van der Waals surface area contributed by atoms with Crippen molar-refractivity contribution in [2.45, 2.75) is 524 Å². The zero-order valence-electron chi connectivity index (χ0n) is 96.8. The van der Waals surface area contributed by atoms with Crippen LogP contribution in [0.3, 0.4) is 0 Å². The molecule has 0 amide bonds. The Morgan fingerprint density at radius 3 is 0.267 bits per heavy atom. The molecule has 0 aliphatic carbocycles. The number of rotatable bonds is 60. The third-order valence-corrected chi connectivity index (χ3v) is 41.2. The van der Waals surface area contributed by atoms with E-state index < -0.39 is 0 Å². The summed E-state index contributed by atoms with van der Waals surface area (Å²) in [5.41, 5.74) is 94.6. The van der Waals surface area contributed by atoms with E-state index in [1.807, 2.05) is 113 Å². The molecule has 11 rings (SSSR count). The van der Waals surface area contributed by atoms with Crippen molar-refractivity contribution in [3.63, 3.8) is 0 Å². The highest BCUT2D eigenvalue weighted by Gasteiger charge is 2.22. The van der Waals surface area contributed by atoms with Crippen LogP contribution in [0.5, 0.6) is 0 Å². The van der Waals surface area contributed by atoms with Crippen molar-refractivity contribution in [1.82, 2.24) is 0 Å². The van der Waals surface area contributed by atoms with Crippen molar-refractivity contribution < 1.29 is 0 Å². The third kappa shape index (κ3) is 34.5. The fourth-order valence-electron chi connectivity index (χ4n) is 20.8. The second-order valence-corrected chi connectivity index (χ2v) is 52.4. The summed E-state index contributed by atoms with van der Waals surface area (Å²) in [5.74, 6) is 0. The van der Waals surface area contributed by atoms with E-state index in [2.05, 4.69) is 254 Å². The Bertz CT molecular complexity index is 7020. The van der Waals surface area contributed by atoms with Crippen LogP contribution in [0.15, 0.2) is 0 Å². The molecule has 20 bridgehead atoms. The van der Waals surface area contributed by atoms with Crippen LogP contribution in [0.2, 0.25) is 0 Å². The molecule has 0 saturated heterocycles. The molecular weight excluding hydrogens is 2000 g/mol. The highest BCUT2D eigenvalue weighted by atomic mass is 32.1. The SMILES string of the molecule is CCCCc1c(CCCC)c2sc1=C=C=c1sc(c(CCCC)c1CCCC)=C=C=c1sc(c(CCCC)c1CCCC)=CC=c1sc(c(CCCC)c1CCCC)=C=C=c1sc(c(CCCC)c1CCCC)=C=C=c1sc(c(CCCC)c1CCCC)=C=C=c1sc(c(CCCC)c1CCCC)=C=C=c1sc(c(CCCC)c1CCCC)=CC=c1sc(c(CCCC)c1CCCC)=C=C=c1sc(c(CCCC)c1CCCC)=C=C=2. The first-order chi connectivity index (χ1) is 73.6. The average Bonchev–Trinajstić information content (AvgIpc) is 1.64. The predicted octanol–water partition coefficient (Wildman–Crippen LogP) is 28.1. The fraction of sp³-hybridized carbons (Fsp3) is 0.571. The molecule has 0 unspecified atom stereocenters. The lowest BCUT2D eigenvalue weighted by atomic mass is 10.00. The monoisotopic (exact) mass is 2190 g/mol. The van der Waals surface area contributed by atoms with Crippen LogP contribution in [0.25, 0.3) is 116 Å². The van der Waals surface area contributed by atoms with Gasteiger partial charge in [-0.1, -0.05) is 267 Å². The Hall–Kier alpha value is -7.04. The maximum Gasteiger partial charge on any atom is 0.0820 e. The Labute approximate surface area is 946 Å². The van der Waals surface area contributed by atoms with Crippen LogP contribution in [0.4, 0.5) is 0 Å². The van der Waals surface area contributed by atoms with Crippen molar-refractivity contribution in [3.05, 3.63) is 202 Å². The first-order valence-electron chi connectivity index (χ1n) is 60.6. The Balaban J connectivity index is 1.44. The predicted molar refractivity (Wildman–Crippen MR) is 680 cm³/mol. The van der Waals surface area contributed by atoms with Crippen LogP contribution in [0.1, 0.15) is 507 Å². The standard InChI is InChI=1S/C140H184S10/c1-21-41-61-101-102(62-42-22-2)122-83-84-124-105(65-45-25-5)106(66-46-26-6)126(143-124)87-88-128-109(69-49-29-9)110(70-50-30-10)130(145-128)91-92-132-113(73-53-33-13)114(74-54-34-14)134(147-132)95-96-136-117(77-57-37-17)118(78-58-38-18)138(149-136)99-100-140-120(80-60-40-20)119(79-59-39-19)139(150-140)98-97-137-116(76-56-36-16)115(75-55-35-15)135(148-137)94-93-133-112(72-52-32-12)111(71-51-31-11)131(146-133)90-89-129-108(68-48-28-8)107(67-47-27-7)127(144-129)86-85-125-104(64-44-24-4)103(63-43-23-3)123(142-125)82-81-121(101)141-122/h81-82,99-100H,21-80H2,1-20H3. The lowest BCUT2D eigenvalue weighted by Crippen LogP contribution is -2.09. The van der Waals surface area contributed by atoms with Crippen molar-refractivity contribution in [3.8, 4) is 0 Å². The molecule has 0 atom stereocenters. The van der Waals surface area contributed by atoms with Crippen molar-refractivity contribution in [1.29, 1.82) is 0 Å². The second kappa shape index (κ2) is 68.5. The number of unbranched alkanes of at least 4 members (excludes halogenated alkanes) is 20. The van der Waals surface area contributed by atoms with Gasteiger partial charge in [0.1, 0.15) is 0 Å². The molecule has 804 valence electrons. The zero-order chi connectivity index (χ0) is 107. The van der Waals surface area contributed by atoms with Gasteiger partial charge in [-0.05, 0) is 484 Å². The van der Waals surface area contributed by atoms with Crippen LogP contribution in [-0.2, 0) is 128 Å². The highest BCUT2D eigenvalue weighted by molar-refractivity contribution is 7.11. The zero-order valence-corrected chi connectivity index (χ0v) is 105. The smallest absolute Gasteiger partial charge is 0.0820 e. The van der Waals surface area contributed by atoms with Gasteiger partial charge in [0.15, 0.2) is 0 Å². The average molecular weight is 2190 g/mol. The molecule has 10 aromatic rings. The summed E-state index contributed by atoms with van der Waals surface area (Å²) >= 11 is 19.3. The van der Waals surface area contributed by atoms with E-state index in [4.69, 9.17) is 0 Å². The maximum absolute atomic E-state index is 4.08. The van der Waals surface area contributed by atoms with Crippen molar-refractivity contribution >= 4 is 229 Å². The molecule has 10 aromatic heterocycles. The summed E-state index contributed by atoms with van der Waals surface area (Å²) < 4.78 is 25.3. The van der Waals surface area contributed by atoms with Crippen molar-refractivity contribution in [2.24, 2.45) is 0 Å². The molecule has 0 spiro atoms. The van der Waals surface area contributed by atoms with Gasteiger partial charge in [-0.15, -0.1) is 113 Å². The summed E-state index contributed by atoms with van der Waals surface area (Å²) in [6.07, 6.45) is 76.6. The molecule has 0 nitrogen and oxygen atoms in total.